The van der Waals surface area contributed by atoms with Crippen LogP contribution >= 0.6 is 0 Å². The maximum absolute atomic E-state index is 12.9. The summed E-state index contributed by atoms with van der Waals surface area (Å²) in [6, 6.07) is 10.8. The minimum atomic E-state index is -4.40. The molecule has 2 aromatic heterocycles. The topological polar surface area (TPSA) is 84.2 Å². The lowest BCUT2D eigenvalue weighted by Gasteiger charge is -2.23. The molecule has 0 bridgehead atoms. The van der Waals surface area contributed by atoms with Gasteiger partial charge in [0.05, 0.1) is 17.8 Å². The van der Waals surface area contributed by atoms with Crippen molar-refractivity contribution in [3.8, 4) is 0 Å². The van der Waals surface area contributed by atoms with E-state index in [1.165, 1.54) is 6.07 Å². The number of halogens is 3. The van der Waals surface area contributed by atoms with Crippen molar-refractivity contribution < 1.29 is 22.5 Å². The Labute approximate surface area is 182 Å². The molecule has 1 amide bonds. The number of alkyl halides is 3. The van der Waals surface area contributed by atoms with Gasteiger partial charge in [-0.05, 0) is 30.2 Å². The van der Waals surface area contributed by atoms with E-state index >= 15 is 0 Å². The highest BCUT2D eigenvalue weighted by molar-refractivity contribution is 5.78. The predicted molar refractivity (Wildman–Crippen MR) is 108 cm³/mol. The predicted octanol–water partition coefficient (Wildman–Crippen LogP) is 3.36. The van der Waals surface area contributed by atoms with Crippen LogP contribution in [0.5, 0.6) is 0 Å². The molecule has 1 aliphatic rings. The number of aromatic nitrogens is 3. The minimum absolute atomic E-state index is 0.0266. The Kier molecular flexibility index (Phi) is 6.50. The Hall–Kier alpha value is -3.27. The van der Waals surface area contributed by atoms with Crippen molar-refractivity contribution in [2.45, 2.75) is 44.6 Å². The molecule has 1 saturated heterocycles. The highest BCUT2D eigenvalue weighted by Crippen LogP contribution is 2.29. The summed E-state index contributed by atoms with van der Waals surface area (Å²) >= 11 is 0. The summed E-state index contributed by atoms with van der Waals surface area (Å²) < 4.78 is 44.2. The maximum atomic E-state index is 12.9. The van der Waals surface area contributed by atoms with E-state index in [2.05, 4.69) is 25.3 Å². The molecule has 1 aliphatic heterocycles. The molecule has 0 spiro atoms. The Balaban J connectivity index is 1.44. The second kappa shape index (κ2) is 9.47. The van der Waals surface area contributed by atoms with Crippen molar-refractivity contribution >= 4 is 5.91 Å². The van der Waals surface area contributed by atoms with Crippen LogP contribution in [0.1, 0.15) is 41.4 Å². The molecule has 1 aromatic carbocycles. The van der Waals surface area contributed by atoms with Gasteiger partial charge < -0.3 is 9.84 Å². The largest absolute Gasteiger partial charge is 0.416 e. The molecule has 1 N–H and O–H groups in total. The van der Waals surface area contributed by atoms with E-state index in [0.29, 0.717) is 43.3 Å². The number of hydrogen-bond acceptors (Lipinski definition) is 6. The third kappa shape index (κ3) is 5.91. The van der Waals surface area contributed by atoms with Crippen LogP contribution < -0.4 is 5.32 Å². The van der Waals surface area contributed by atoms with Crippen molar-refractivity contribution in [1.82, 2.24) is 25.3 Å². The summed E-state index contributed by atoms with van der Waals surface area (Å²) in [5.74, 6) is 0.701. The fourth-order valence-electron chi connectivity index (χ4n) is 3.69. The van der Waals surface area contributed by atoms with Crippen LogP contribution in [0.3, 0.4) is 0 Å². The van der Waals surface area contributed by atoms with Gasteiger partial charge in [0.25, 0.3) is 0 Å². The summed E-state index contributed by atoms with van der Waals surface area (Å²) in [6.07, 6.45) is -1.30. The zero-order chi connectivity index (χ0) is 22.6. The van der Waals surface area contributed by atoms with Crippen LogP contribution in [0.2, 0.25) is 0 Å². The summed E-state index contributed by atoms with van der Waals surface area (Å²) in [6.45, 7) is 1.45. The van der Waals surface area contributed by atoms with Gasteiger partial charge in [-0.1, -0.05) is 29.4 Å². The molecule has 0 aliphatic carbocycles. The second-order valence-corrected chi connectivity index (χ2v) is 7.77. The van der Waals surface area contributed by atoms with Gasteiger partial charge in [-0.3, -0.25) is 14.7 Å². The standard InChI is InChI=1S/C22H22F3N5O2/c23-22(24,25)16-5-3-4-15(10-16)11-19-28-21(32-29-19)14-30(12-17-6-1-2-9-26-17)13-18-7-8-20(31)27-18/h1-6,9-10,18H,7-8,11-14H2,(H,27,31)/t18-/m0/s1. The van der Waals surface area contributed by atoms with Crippen molar-refractivity contribution in [2.75, 3.05) is 6.54 Å². The van der Waals surface area contributed by atoms with E-state index in [1.54, 1.807) is 12.3 Å². The zero-order valence-corrected chi connectivity index (χ0v) is 17.2. The van der Waals surface area contributed by atoms with Crippen LogP contribution in [0, 0.1) is 0 Å². The molecule has 3 heterocycles. The normalized spacial score (nSPS) is 16.5. The number of carbonyl (C=O) groups is 1. The molecule has 4 rings (SSSR count). The van der Waals surface area contributed by atoms with E-state index < -0.39 is 11.7 Å². The Morgan fingerprint density at radius 2 is 2.03 bits per heavy atom. The Bertz CT molecular complexity index is 1050. The summed E-state index contributed by atoms with van der Waals surface area (Å²) in [5.41, 5.74) is 0.602. The van der Waals surface area contributed by atoms with Crippen LogP contribution in [0.15, 0.2) is 53.2 Å². The first-order valence-corrected chi connectivity index (χ1v) is 10.2. The molecule has 0 saturated carbocycles. The zero-order valence-electron chi connectivity index (χ0n) is 17.2. The van der Waals surface area contributed by atoms with Gasteiger partial charge in [0.2, 0.25) is 11.8 Å². The average molecular weight is 445 g/mol. The second-order valence-electron chi connectivity index (χ2n) is 7.77. The van der Waals surface area contributed by atoms with Gasteiger partial charge in [0.1, 0.15) is 0 Å². The Morgan fingerprint density at radius 3 is 2.75 bits per heavy atom. The van der Waals surface area contributed by atoms with Crippen molar-refractivity contribution in [1.29, 1.82) is 0 Å². The van der Waals surface area contributed by atoms with Crippen LogP contribution in [0.25, 0.3) is 0 Å². The van der Waals surface area contributed by atoms with E-state index in [4.69, 9.17) is 4.52 Å². The van der Waals surface area contributed by atoms with Crippen molar-refractivity contribution in [3.63, 3.8) is 0 Å². The first-order valence-electron chi connectivity index (χ1n) is 10.2. The number of pyridine rings is 1. The quantitative estimate of drug-likeness (QED) is 0.573. The lowest BCUT2D eigenvalue weighted by Crippen LogP contribution is -2.38. The molecule has 7 nitrogen and oxygen atoms in total. The number of rotatable bonds is 8. The van der Waals surface area contributed by atoms with E-state index in [1.807, 2.05) is 18.2 Å². The number of amides is 1. The van der Waals surface area contributed by atoms with Crippen molar-refractivity contribution in [3.05, 3.63) is 77.2 Å². The Morgan fingerprint density at radius 1 is 1.16 bits per heavy atom. The third-order valence-electron chi connectivity index (χ3n) is 5.16. The summed E-state index contributed by atoms with van der Waals surface area (Å²) in [5, 5.41) is 6.88. The molecular formula is C22H22F3N5O2. The van der Waals surface area contributed by atoms with E-state index in [0.717, 1.165) is 24.2 Å². The first-order chi connectivity index (χ1) is 15.3. The molecule has 1 fully saturated rings. The monoisotopic (exact) mass is 445 g/mol. The molecule has 32 heavy (non-hydrogen) atoms. The molecule has 10 heteroatoms. The van der Waals surface area contributed by atoms with Gasteiger partial charge in [-0.25, -0.2) is 0 Å². The smallest absolute Gasteiger partial charge is 0.352 e. The number of nitrogens with zero attached hydrogens (tertiary/aromatic N) is 4. The van der Waals surface area contributed by atoms with Gasteiger partial charge in [-0.2, -0.15) is 18.2 Å². The average Bonchev–Trinajstić information content (AvgIpc) is 3.37. The first kappa shape index (κ1) is 21.9. The van der Waals surface area contributed by atoms with Crippen LogP contribution in [-0.4, -0.2) is 38.5 Å². The molecule has 1 atom stereocenters. The molecule has 0 radical (unpaired) electrons. The number of benzene rings is 1. The third-order valence-corrected chi connectivity index (χ3v) is 5.16. The highest BCUT2D eigenvalue weighted by atomic mass is 19.4. The fourth-order valence-corrected chi connectivity index (χ4v) is 3.69. The number of nitrogens with one attached hydrogen (secondary N) is 1. The number of hydrogen-bond donors (Lipinski definition) is 1. The fraction of sp³-hybridized carbons (Fsp3) is 0.364. The minimum Gasteiger partial charge on any atom is -0.352 e. The SMILES string of the molecule is O=C1CC[C@@H](CN(Cc2ccccn2)Cc2nc(Cc3cccc(C(F)(F)F)c3)no2)N1. The highest BCUT2D eigenvalue weighted by Gasteiger charge is 2.30. The van der Waals surface area contributed by atoms with Crippen molar-refractivity contribution in [2.24, 2.45) is 0 Å². The van der Waals surface area contributed by atoms with Crippen LogP contribution in [0.4, 0.5) is 13.2 Å². The molecule has 168 valence electrons. The number of carbonyl (C=O) groups excluding carboxylic acids is 1. The van der Waals surface area contributed by atoms with Gasteiger partial charge in [0.15, 0.2) is 5.82 Å². The lowest BCUT2D eigenvalue weighted by atomic mass is 10.1. The summed E-state index contributed by atoms with van der Waals surface area (Å²) in [4.78, 5) is 22.3. The van der Waals surface area contributed by atoms with E-state index in [-0.39, 0.29) is 18.4 Å². The lowest BCUT2D eigenvalue weighted by molar-refractivity contribution is -0.137. The molecule has 3 aromatic rings. The molecule has 0 unspecified atom stereocenters. The van der Waals surface area contributed by atoms with Gasteiger partial charge in [-0.15, -0.1) is 0 Å². The van der Waals surface area contributed by atoms with Crippen LogP contribution in [-0.2, 0) is 30.5 Å². The molecular weight excluding hydrogens is 423 g/mol. The maximum Gasteiger partial charge on any atom is 0.416 e. The summed E-state index contributed by atoms with van der Waals surface area (Å²) in [7, 11) is 0. The van der Waals surface area contributed by atoms with Gasteiger partial charge >= 0.3 is 6.18 Å². The van der Waals surface area contributed by atoms with E-state index in [9.17, 15) is 18.0 Å². The van der Waals surface area contributed by atoms with Gasteiger partial charge in [0, 0.05) is 38.2 Å².